The summed E-state index contributed by atoms with van der Waals surface area (Å²) in [4.78, 5) is 18.8. The number of rotatable bonds is 7. The minimum Gasteiger partial charge on any atom is -0.378 e. The van der Waals surface area contributed by atoms with E-state index in [-0.39, 0.29) is 30.6 Å². The molecule has 5 fully saturated rings. The Bertz CT molecular complexity index is 737. The Hall–Kier alpha value is -0.920. The summed E-state index contributed by atoms with van der Waals surface area (Å²) in [6.07, 6.45) is 3.07. The van der Waals surface area contributed by atoms with Crippen molar-refractivity contribution in [2.75, 3.05) is 52.5 Å². The second kappa shape index (κ2) is 11.9. The molecule has 1 aliphatic carbocycles. The van der Waals surface area contributed by atoms with Crippen LogP contribution in [0.2, 0.25) is 0 Å². The number of ether oxygens (including phenoxy) is 1. The molecule has 5 aliphatic rings. The Morgan fingerprint density at radius 1 is 1.14 bits per heavy atom. The molecule has 0 radical (unpaired) electrons. The molecule has 4 saturated heterocycles. The van der Waals surface area contributed by atoms with E-state index in [1.54, 1.807) is 0 Å². The molecule has 5 rings (SSSR count). The molecule has 36 heavy (non-hydrogen) atoms. The number of piperazine rings is 1. The zero-order valence-electron chi connectivity index (χ0n) is 21.7. The minimum absolute atomic E-state index is 0.0309. The number of halogens is 1. The van der Waals surface area contributed by atoms with Gasteiger partial charge >= 0.3 is 0 Å². The van der Waals surface area contributed by atoms with Crippen LogP contribution >= 0.6 is 0 Å². The summed E-state index contributed by atoms with van der Waals surface area (Å²) in [6.45, 7) is 8.89. The third kappa shape index (κ3) is 5.73. The van der Waals surface area contributed by atoms with Gasteiger partial charge in [-0.1, -0.05) is 12.8 Å². The zero-order valence-corrected chi connectivity index (χ0v) is 21.7. The first-order valence-electron chi connectivity index (χ1n) is 14.2. The highest BCUT2D eigenvalue weighted by atomic mass is 19.1. The van der Waals surface area contributed by atoms with Crippen molar-refractivity contribution in [2.45, 2.75) is 87.7 Å². The molecule has 1 saturated carbocycles. The van der Waals surface area contributed by atoms with Gasteiger partial charge in [0.25, 0.3) is 0 Å². The van der Waals surface area contributed by atoms with E-state index < -0.39 is 24.4 Å². The Balaban J connectivity index is 1.22. The molecule has 10 nitrogen and oxygen atoms in total. The van der Waals surface area contributed by atoms with Crippen molar-refractivity contribution in [1.82, 2.24) is 31.1 Å². The predicted molar refractivity (Wildman–Crippen MR) is 137 cm³/mol. The average molecular weight is 511 g/mol. The molecular formula is C25H47FN8O2. The number of hydrogen-bond acceptors (Lipinski definition) is 9. The molecule has 4 aliphatic heterocycles. The molecule has 0 spiro atoms. The molecule has 0 bridgehead atoms. The van der Waals surface area contributed by atoms with Crippen LogP contribution in [0.3, 0.4) is 0 Å². The van der Waals surface area contributed by atoms with Gasteiger partial charge in [0.1, 0.15) is 6.17 Å². The molecule has 1 amide bonds. The second-order valence-corrected chi connectivity index (χ2v) is 11.7. The van der Waals surface area contributed by atoms with Gasteiger partial charge in [-0.05, 0) is 38.6 Å². The fraction of sp³-hybridized carbons (Fsp3) is 0.960. The number of nitrogens with one attached hydrogen (secondary N) is 4. The lowest BCUT2D eigenvalue weighted by molar-refractivity contribution is -0.129. The van der Waals surface area contributed by atoms with Gasteiger partial charge in [0.05, 0.1) is 43.5 Å². The molecule has 206 valence electrons. The van der Waals surface area contributed by atoms with Crippen LogP contribution in [0.1, 0.15) is 39.0 Å². The number of carbonyl (C=O) groups excluding carboxylic acids is 1. The summed E-state index contributed by atoms with van der Waals surface area (Å²) in [6, 6.07) is 0.933. The predicted octanol–water partition coefficient (Wildman–Crippen LogP) is -1.49. The summed E-state index contributed by atoms with van der Waals surface area (Å²) in [5.41, 5.74) is 12.3. The Morgan fingerprint density at radius 3 is 2.58 bits per heavy atom. The van der Waals surface area contributed by atoms with Crippen molar-refractivity contribution in [2.24, 2.45) is 23.3 Å². The van der Waals surface area contributed by atoms with Gasteiger partial charge < -0.3 is 26.8 Å². The van der Waals surface area contributed by atoms with E-state index in [1.807, 2.05) is 0 Å². The quantitative estimate of drug-likeness (QED) is 0.227. The van der Waals surface area contributed by atoms with Crippen LogP contribution < -0.4 is 32.7 Å². The van der Waals surface area contributed by atoms with Crippen molar-refractivity contribution in [3.05, 3.63) is 0 Å². The normalized spacial score (nSPS) is 38.7. The van der Waals surface area contributed by atoms with Gasteiger partial charge in [0.15, 0.2) is 0 Å². The largest absolute Gasteiger partial charge is 0.378 e. The number of nitrogens with zero attached hydrogens (tertiary/aromatic N) is 2. The molecule has 4 heterocycles. The van der Waals surface area contributed by atoms with Gasteiger partial charge in [-0.15, -0.1) is 0 Å². The number of hydrogen-bond donors (Lipinski definition) is 6. The van der Waals surface area contributed by atoms with Crippen molar-refractivity contribution < 1.29 is 13.9 Å². The maximum atomic E-state index is 14.8. The van der Waals surface area contributed by atoms with Crippen LogP contribution in [0.4, 0.5) is 4.39 Å². The molecule has 0 aromatic heterocycles. The molecule has 0 aromatic rings. The minimum atomic E-state index is -0.972. The molecule has 7 atom stereocenters. The third-order valence-corrected chi connectivity index (χ3v) is 9.33. The fourth-order valence-corrected chi connectivity index (χ4v) is 7.19. The third-order valence-electron chi connectivity index (χ3n) is 9.33. The summed E-state index contributed by atoms with van der Waals surface area (Å²) >= 11 is 0. The monoisotopic (exact) mass is 510 g/mol. The molecular weight excluding hydrogens is 463 g/mol. The average Bonchev–Trinajstić information content (AvgIpc) is 3.34. The van der Waals surface area contributed by atoms with E-state index in [9.17, 15) is 9.18 Å². The highest BCUT2D eigenvalue weighted by Gasteiger charge is 2.44. The second-order valence-electron chi connectivity index (χ2n) is 11.7. The highest BCUT2D eigenvalue weighted by Crippen LogP contribution is 2.31. The number of amides is 1. The molecule has 11 heteroatoms. The van der Waals surface area contributed by atoms with Gasteiger partial charge in [0, 0.05) is 50.8 Å². The van der Waals surface area contributed by atoms with Gasteiger partial charge in [-0.2, -0.15) is 0 Å². The smallest absolute Gasteiger partial charge is 0.229 e. The topological polar surface area (TPSA) is 133 Å². The zero-order chi connectivity index (χ0) is 25.2. The maximum absolute atomic E-state index is 14.8. The van der Waals surface area contributed by atoms with Gasteiger partial charge in [-0.25, -0.2) is 4.39 Å². The Labute approximate surface area is 214 Å². The van der Waals surface area contributed by atoms with Crippen LogP contribution in [-0.2, 0) is 9.53 Å². The lowest BCUT2D eigenvalue weighted by Crippen LogP contribution is -2.71. The van der Waals surface area contributed by atoms with Crippen LogP contribution in [0.5, 0.6) is 0 Å². The molecule has 6 unspecified atom stereocenters. The molecule has 8 N–H and O–H groups in total. The van der Waals surface area contributed by atoms with Crippen molar-refractivity contribution in [1.29, 1.82) is 0 Å². The van der Waals surface area contributed by atoms with E-state index in [0.717, 1.165) is 78.0 Å². The summed E-state index contributed by atoms with van der Waals surface area (Å²) in [5.74, 6) is -0.535. The van der Waals surface area contributed by atoms with E-state index in [1.165, 1.54) is 0 Å². The first kappa shape index (κ1) is 26.7. The first-order chi connectivity index (χ1) is 17.4. The van der Waals surface area contributed by atoms with Crippen molar-refractivity contribution in [3.8, 4) is 0 Å². The maximum Gasteiger partial charge on any atom is 0.229 e. The summed E-state index contributed by atoms with van der Waals surface area (Å²) in [5, 5.41) is 13.3. The summed E-state index contributed by atoms with van der Waals surface area (Å²) < 4.78 is 20.2. The Kier molecular flexibility index (Phi) is 8.79. The van der Waals surface area contributed by atoms with E-state index in [0.29, 0.717) is 18.0 Å². The highest BCUT2D eigenvalue weighted by molar-refractivity contribution is 5.80. The number of carbonyl (C=O) groups is 1. The number of alkyl halides is 1. The SMILES string of the molecule is C[C@H]1CN(C2COC2)CCN1C1CCNCC1NC(=O)C(C(N)N)C1NCC(F)C(C2CCCC2)N1. The van der Waals surface area contributed by atoms with Crippen molar-refractivity contribution in [3.63, 3.8) is 0 Å². The number of nitrogens with two attached hydrogens (primary N) is 2. The standard InChI is InChI=1S/C25H47FN8O2/c1-15-12-33(17-13-36-14-17)8-9-34(15)20-6-7-29-11-19(20)31-25(35)21(23(27)28)24-30-10-18(26)22(32-24)16-4-2-3-5-16/h15-24,29-30,32H,2-14,27-28H2,1H3,(H,31,35)/t15-,18?,19?,20?,21?,22?,24?/m0/s1. The van der Waals surface area contributed by atoms with E-state index in [2.05, 4.69) is 38.0 Å². The summed E-state index contributed by atoms with van der Waals surface area (Å²) in [7, 11) is 0. The van der Waals surface area contributed by atoms with E-state index in [4.69, 9.17) is 16.2 Å². The fourth-order valence-electron chi connectivity index (χ4n) is 7.19. The number of piperidine rings is 1. The van der Waals surface area contributed by atoms with Gasteiger partial charge in [-0.3, -0.25) is 25.2 Å². The van der Waals surface area contributed by atoms with E-state index >= 15 is 0 Å². The van der Waals surface area contributed by atoms with Gasteiger partial charge in [0.2, 0.25) is 5.91 Å². The molecule has 0 aromatic carbocycles. The first-order valence-corrected chi connectivity index (χ1v) is 14.2. The lowest BCUT2D eigenvalue weighted by atomic mass is 9.89. The van der Waals surface area contributed by atoms with Crippen LogP contribution in [0.15, 0.2) is 0 Å². The van der Waals surface area contributed by atoms with Crippen LogP contribution in [0.25, 0.3) is 0 Å². The van der Waals surface area contributed by atoms with Crippen LogP contribution in [0, 0.1) is 11.8 Å². The van der Waals surface area contributed by atoms with Crippen LogP contribution in [-0.4, -0.2) is 117 Å². The lowest BCUT2D eigenvalue weighted by Gasteiger charge is -2.50. The van der Waals surface area contributed by atoms with Crippen molar-refractivity contribution >= 4 is 5.91 Å². The Morgan fingerprint density at radius 2 is 1.92 bits per heavy atom.